The highest BCUT2D eigenvalue weighted by Gasteiger charge is 2.58. The van der Waals surface area contributed by atoms with Gasteiger partial charge in [0.05, 0.1) is 0 Å². The van der Waals surface area contributed by atoms with Gasteiger partial charge >= 0.3 is 0 Å². The smallest absolute Gasteiger partial charge is 0.0261 e. The van der Waals surface area contributed by atoms with Gasteiger partial charge in [0.1, 0.15) is 0 Å². The van der Waals surface area contributed by atoms with Gasteiger partial charge in [0, 0.05) is 0 Å². The van der Waals surface area contributed by atoms with Crippen molar-refractivity contribution in [3.05, 3.63) is 0 Å². The summed E-state index contributed by atoms with van der Waals surface area (Å²) in [5.74, 6) is 5.36. The Hall–Kier alpha value is 0. The number of hydrogen-bond donors (Lipinski definition) is 0. The molecule has 4 fully saturated rings. The fraction of sp³-hybridized carbons (Fsp3) is 1.00. The summed E-state index contributed by atoms with van der Waals surface area (Å²) in [5.41, 5.74) is 1.30. The van der Waals surface area contributed by atoms with E-state index in [-0.39, 0.29) is 0 Å². The Balaban J connectivity index is 1.62. The standard InChI is InChI=1S/C22H38/c1-16(21(2)13-5-4-6-14-21)22(3)15-18-11-7-9-17-10-8-12-19(22)20(17)18/h16-20H,4-15H2,1-3H3. The highest BCUT2D eigenvalue weighted by atomic mass is 14.6. The molecule has 4 aliphatic rings. The minimum atomic E-state index is 0.646. The first-order valence-electron chi connectivity index (χ1n) is 10.5. The second-order valence-electron chi connectivity index (χ2n) is 10.2. The van der Waals surface area contributed by atoms with Gasteiger partial charge in [-0.1, -0.05) is 72.1 Å². The molecule has 6 unspecified atom stereocenters. The highest BCUT2D eigenvalue weighted by molar-refractivity contribution is 5.08. The van der Waals surface area contributed by atoms with E-state index in [1.807, 2.05) is 0 Å². The largest absolute Gasteiger partial charge is 0.0615 e. The van der Waals surface area contributed by atoms with E-state index in [0.29, 0.717) is 10.8 Å². The molecule has 0 N–H and O–H groups in total. The Morgan fingerprint density at radius 2 is 1.41 bits per heavy atom. The highest BCUT2D eigenvalue weighted by Crippen LogP contribution is 2.67. The van der Waals surface area contributed by atoms with Crippen molar-refractivity contribution >= 4 is 0 Å². The normalized spacial score (nSPS) is 48.7. The zero-order valence-corrected chi connectivity index (χ0v) is 15.4. The average Bonchev–Trinajstić information content (AvgIpc) is 2.83. The molecule has 22 heavy (non-hydrogen) atoms. The quantitative estimate of drug-likeness (QED) is 0.524. The van der Waals surface area contributed by atoms with Crippen LogP contribution >= 0.6 is 0 Å². The van der Waals surface area contributed by atoms with Crippen LogP contribution in [-0.2, 0) is 0 Å². The van der Waals surface area contributed by atoms with Gasteiger partial charge < -0.3 is 0 Å². The molecule has 0 aliphatic heterocycles. The number of hydrogen-bond acceptors (Lipinski definition) is 0. The summed E-state index contributed by atoms with van der Waals surface area (Å²) >= 11 is 0. The van der Waals surface area contributed by atoms with Crippen LogP contribution in [-0.4, -0.2) is 0 Å². The summed E-state index contributed by atoms with van der Waals surface area (Å²) in [6.07, 6.45) is 18.4. The van der Waals surface area contributed by atoms with Crippen molar-refractivity contribution in [1.82, 2.24) is 0 Å². The first-order chi connectivity index (χ1) is 10.5. The SMILES string of the molecule is CC(C1(C)CCCCC1)C1(C)CC2CCCC3CCCC1C32. The van der Waals surface area contributed by atoms with E-state index < -0.39 is 0 Å². The first-order valence-corrected chi connectivity index (χ1v) is 10.5. The van der Waals surface area contributed by atoms with Gasteiger partial charge in [-0.2, -0.15) is 0 Å². The second-order valence-corrected chi connectivity index (χ2v) is 10.2. The van der Waals surface area contributed by atoms with Crippen LogP contribution in [0.25, 0.3) is 0 Å². The van der Waals surface area contributed by atoms with E-state index in [1.54, 1.807) is 38.5 Å². The van der Waals surface area contributed by atoms with E-state index in [0.717, 1.165) is 29.6 Å². The molecule has 0 aromatic heterocycles. The second kappa shape index (κ2) is 5.52. The lowest BCUT2D eigenvalue weighted by Gasteiger charge is -2.51. The fourth-order valence-electron chi connectivity index (χ4n) is 8.01. The lowest BCUT2D eigenvalue weighted by atomic mass is 9.53. The Bertz CT molecular complexity index is 402. The molecule has 4 rings (SSSR count). The number of rotatable bonds is 2. The minimum Gasteiger partial charge on any atom is -0.0615 e. The molecule has 126 valence electrons. The van der Waals surface area contributed by atoms with Crippen LogP contribution in [0.5, 0.6) is 0 Å². The third kappa shape index (κ3) is 2.22. The maximum absolute atomic E-state index is 2.74. The molecule has 0 amide bonds. The molecule has 0 radical (unpaired) electrons. The fourth-order valence-corrected chi connectivity index (χ4v) is 8.01. The van der Waals surface area contributed by atoms with Crippen LogP contribution in [0.3, 0.4) is 0 Å². The van der Waals surface area contributed by atoms with Crippen LogP contribution in [0.15, 0.2) is 0 Å². The molecule has 0 spiro atoms. The molecule has 4 aliphatic carbocycles. The topological polar surface area (TPSA) is 0 Å². The summed E-state index contributed by atoms with van der Waals surface area (Å²) in [6.45, 7) is 8.07. The summed E-state index contributed by atoms with van der Waals surface area (Å²) in [4.78, 5) is 0. The maximum atomic E-state index is 2.74. The van der Waals surface area contributed by atoms with E-state index in [1.165, 1.54) is 38.5 Å². The van der Waals surface area contributed by atoms with Crippen LogP contribution in [0, 0.1) is 40.4 Å². The van der Waals surface area contributed by atoms with Gasteiger partial charge in [-0.05, 0) is 66.1 Å². The molecule has 0 nitrogen and oxygen atoms in total. The van der Waals surface area contributed by atoms with Crippen molar-refractivity contribution in [1.29, 1.82) is 0 Å². The van der Waals surface area contributed by atoms with Crippen molar-refractivity contribution in [2.24, 2.45) is 40.4 Å². The maximum Gasteiger partial charge on any atom is -0.0261 e. The van der Waals surface area contributed by atoms with E-state index >= 15 is 0 Å². The summed E-state index contributed by atoms with van der Waals surface area (Å²) in [7, 11) is 0. The van der Waals surface area contributed by atoms with Gasteiger partial charge in [-0.3, -0.25) is 0 Å². The molecule has 0 heterocycles. The minimum absolute atomic E-state index is 0.646. The van der Waals surface area contributed by atoms with E-state index in [9.17, 15) is 0 Å². The van der Waals surface area contributed by atoms with Crippen molar-refractivity contribution < 1.29 is 0 Å². The lowest BCUT2D eigenvalue weighted by Crippen LogP contribution is -2.44. The van der Waals surface area contributed by atoms with Crippen LogP contribution in [0.1, 0.15) is 97.8 Å². The van der Waals surface area contributed by atoms with Crippen molar-refractivity contribution in [2.45, 2.75) is 97.8 Å². The van der Waals surface area contributed by atoms with Gasteiger partial charge in [0.2, 0.25) is 0 Å². The Morgan fingerprint density at radius 3 is 2.14 bits per heavy atom. The van der Waals surface area contributed by atoms with Crippen LogP contribution in [0.4, 0.5) is 0 Å². The summed E-state index contributed by atoms with van der Waals surface area (Å²) in [5, 5.41) is 0. The molecule has 0 bridgehead atoms. The predicted octanol–water partition coefficient (Wildman–Crippen LogP) is 6.84. The van der Waals surface area contributed by atoms with Crippen LogP contribution < -0.4 is 0 Å². The Kier molecular flexibility index (Phi) is 3.90. The molecular weight excluding hydrogens is 264 g/mol. The third-order valence-electron chi connectivity index (χ3n) is 9.37. The van der Waals surface area contributed by atoms with E-state index in [2.05, 4.69) is 20.8 Å². The van der Waals surface area contributed by atoms with Crippen molar-refractivity contribution in [3.8, 4) is 0 Å². The summed E-state index contributed by atoms with van der Waals surface area (Å²) in [6, 6.07) is 0. The monoisotopic (exact) mass is 302 g/mol. The van der Waals surface area contributed by atoms with Crippen molar-refractivity contribution in [3.63, 3.8) is 0 Å². The van der Waals surface area contributed by atoms with Gasteiger partial charge in [0.15, 0.2) is 0 Å². The van der Waals surface area contributed by atoms with E-state index in [4.69, 9.17) is 0 Å². The molecule has 0 heteroatoms. The van der Waals surface area contributed by atoms with Gasteiger partial charge in [-0.25, -0.2) is 0 Å². The zero-order chi connectivity index (χ0) is 15.4. The molecule has 6 atom stereocenters. The van der Waals surface area contributed by atoms with Crippen LogP contribution in [0.2, 0.25) is 0 Å². The molecule has 0 saturated heterocycles. The molecular formula is C22H38. The van der Waals surface area contributed by atoms with Crippen molar-refractivity contribution in [2.75, 3.05) is 0 Å². The first kappa shape index (κ1) is 15.5. The predicted molar refractivity (Wildman–Crippen MR) is 94.7 cm³/mol. The molecule has 0 aromatic rings. The molecule has 0 aromatic carbocycles. The Morgan fingerprint density at radius 1 is 0.773 bits per heavy atom. The molecule has 4 saturated carbocycles. The van der Waals surface area contributed by atoms with Gasteiger partial charge in [0.25, 0.3) is 0 Å². The third-order valence-corrected chi connectivity index (χ3v) is 9.37. The van der Waals surface area contributed by atoms with Gasteiger partial charge in [-0.15, -0.1) is 0 Å². The average molecular weight is 303 g/mol. The summed E-state index contributed by atoms with van der Waals surface area (Å²) < 4.78 is 0. The lowest BCUT2D eigenvalue weighted by molar-refractivity contribution is -0.0237. The Labute approximate surface area is 138 Å². The zero-order valence-electron chi connectivity index (χ0n) is 15.4.